The van der Waals surface area contributed by atoms with Crippen LogP contribution in [0.3, 0.4) is 0 Å². The molecule has 1 aliphatic heterocycles. The lowest BCUT2D eigenvalue weighted by Crippen LogP contribution is -2.37. The molecule has 0 bridgehead atoms. The van der Waals surface area contributed by atoms with Crippen molar-refractivity contribution < 1.29 is 4.74 Å². The lowest BCUT2D eigenvalue weighted by molar-refractivity contribution is -0.00311. The molecule has 1 heterocycles. The second kappa shape index (κ2) is 8.90. The summed E-state index contributed by atoms with van der Waals surface area (Å²) in [7, 11) is 2.22. The van der Waals surface area contributed by atoms with Crippen LogP contribution in [0.15, 0.2) is 0 Å². The van der Waals surface area contributed by atoms with Gasteiger partial charge in [0, 0.05) is 19.7 Å². The van der Waals surface area contributed by atoms with Crippen LogP contribution in [0, 0.1) is 5.92 Å². The summed E-state index contributed by atoms with van der Waals surface area (Å²) in [6, 6.07) is 0. The zero-order chi connectivity index (χ0) is 12.5. The summed E-state index contributed by atoms with van der Waals surface area (Å²) in [5, 5.41) is 3.49. The van der Waals surface area contributed by atoms with E-state index in [1.165, 1.54) is 25.7 Å². The molecule has 1 N–H and O–H groups in total. The SMILES string of the molecule is CCCNCC(C)CN(C)CC1CCCCO1. The van der Waals surface area contributed by atoms with Gasteiger partial charge in [-0.2, -0.15) is 0 Å². The van der Waals surface area contributed by atoms with E-state index in [1.807, 2.05) is 0 Å². The summed E-state index contributed by atoms with van der Waals surface area (Å²) >= 11 is 0. The number of likely N-dealkylation sites (N-methyl/N-ethyl adjacent to an activating group) is 1. The van der Waals surface area contributed by atoms with Crippen molar-refractivity contribution in [2.45, 2.75) is 45.6 Å². The van der Waals surface area contributed by atoms with Crippen LogP contribution in [-0.2, 0) is 4.74 Å². The maximum Gasteiger partial charge on any atom is 0.0701 e. The molecule has 102 valence electrons. The second-order valence-electron chi connectivity index (χ2n) is 5.52. The zero-order valence-electron chi connectivity index (χ0n) is 11.9. The van der Waals surface area contributed by atoms with E-state index in [9.17, 15) is 0 Å². The summed E-state index contributed by atoms with van der Waals surface area (Å²) in [4.78, 5) is 2.42. The Morgan fingerprint density at radius 1 is 1.41 bits per heavy atom. The molecule has 1 fully saturated rings. The molecule has 3 heteroatoms. The fourth-order valence-electron chi connectivity index (χ4n) is 2.50. The van der Waals surface area contributed by atoms with Crippen molar-refractivity contribution in [1.29, 1.82) is 0 Å². The van der Waals surface area contributed by atoms with Gasteiger partial charge in [-0.15, -0.1) is 0 Å². The summed E-state index contributed by atoms with van der Waals surface area (Å²) in [6.45, 7) is 10.0. The van der Waals surface area contributed by atoms with E-state index < -0.39 is 0 Å². The van der Waals surface area contributed by atoms with E-state index in [0.717, 1.165) is 38.7 Å². The predicted molar refractivity (Wildman–Crippen MR) is 73.4 cm³/mol. The molecule has 0 radical (unpaired) electrons. The Bertz CT molecular complexity index is 181. The van der Waals surface area contributed by atoms with Crippen molar-refractivity contribution in [3.05, 3.63) is 0 Å². The standard InChI is InChI=1S/C14H30N2O/c1-4-8-15-10-13(2)11-16(3)12-14-7-5-6-9-17-14/h13-15H,4-12H2,1-3H3. The Labute approximate surface area is 107 Å². The van der Waals surface area contributed by atoms with Gasteiger partial charge in [0.05, 0.1) is 6.10 Å². The molecule has 3 nitrogen and oxygen atoms in total. The molecule has 2 atom stereocenters. The first-order chi connectivity index (χ1) is 8.22. The molecule has 0 aliphatic carbocycles. The molecular weight excluding hydrogens is 212 g/mol. The maximum atomic E-state index is 5.77. The summed E-state index contributed by atoms with van der Waals surface area (Å²) in [6.07, 6.45) is 5.53. The van der Waals surface area contributed by atoms with Crippen molar-refractivity contribution >= 4 is 0 Å². The third kappa shape index (κ3) is 7.02. The van der Waals surface area contributed by atoms with Gasteiger partial charge in [0.2, 0.25) is 0 Å². The Hall–Kier alpha value is -0.120. The van der Waals surface area contributed by atoms with Gasteiger partial charge in [0.1, 0.15) is 0 Å². The van der Waals surface area contributed by atoms with E-state index >= 15 is 0 Å². The van der Waals surface area contributed by atoms with Gasteiger partial charge < -0.3 is 15.0 Å². The number of hydrogen-bond acceptors (Lipinski definition) is 3. The molecule has 0 spiro atoms. The highest BCUT2D eigenvalue weighted by atomic mass is 16.5. The topological polar surface area (TPSA) is 24.5 Å². The van der Waals surface area contributed by atoms with Crippen LogP contribution < -0.4 is 5.32 Å². The number of nitrogens with one attached hydrogen (secondary N) is 1. The van der Waals surface area contributed by atoms with Gasteiger partial charge >= 0.3 is 0 Å². The Morgan fingerprint density at radius 2 is 2.24 bits per heavy atom. The van der Waals surface area contributed by atoms with Crippen LogP contribution in [0.5, 0.6) is 0 Å². The van der Waals surface area contributed by atoms with E-state index in [1.54, 1.807) is 0 Å². The minimum atomic E-state index is 0.476. The van der Waals surface area contributed by atoms with Crippen molar-refractivity contribution in [2.75, 3.05) is 39.8 Å². The Kier molecular flexibility index (Phi) is 7.82. The molecule has 0 aromatic heterocycles. The molecule has 1 aliphatic rings. The van der Waals surface area contributed by atoms with Crippen LogP contribution in [0.25, 0.3) is 0 Å². The number of ether oxygens (including phenoxy) is 1. The normalized spacial score (nSPS) is 22.9. The first-order valence-corrected chi connectivity index (χ1v) is 7.23. The zero-order valence-corrected chi connectivity index (χ0v) is 11.9. The number of rotatable bonds is 8. The monoisotopic (exact) mass is 242 g/mol. The molecule has 0 aromatic rings. The summed E-state index contributed by atoms with van der Waals surface area (Å²) in [5.74, 6) is 0.718. The average Bonchev–Trinajstić information content (AvgIpc) is 2.30. The van der Waals surface area contributed by atoms with Crippen molar-refractivity contribution in [1.82, 2.24) is 10.2 Å². The summed E-state index contributed by atoms with van der Waals surface area (Å²) < 4.78 is 5.77. The van der Waals surface area contributed by atoms with E-state index in [-0.39, 0.29) is 0 Å². The largest absolute Gasteiger partial charge is 0.377 e. The van der Waals surface area contributed by atoms with Gasteiger partial charge in [-0.05, 0) is 51.7 Å². The summed E-state index contributed by atoms with van der Waals surface area (Å²) in [5.41, 5.74) is 0. The van der Waals surface area contributed by atoms with Crippen molar-refractivity contribution in [3.63, 3.8) is 0 Å². The van der Waals surface area contributed by atoms with Crippen LogP contribution >= 0.6 is 0 Å². The third-order valence-electron chi connectivity index (χ3n) is 3.33. The fourth-order valence-corrected chi connectivity index (χ4v) is 2.50. The lowest BCUT2D eigenvalue weighted by Gasteiger charge is -2.29. The highest BCUT2D eigenvalue weighted by Crippen LogP contribution is 2.13. The molecular formula is C14H30N2O. The predicted octanol–water partition coefficient (Wildman–Crippen LogP) is 2.12. The first kappa shape index (κ1) is 14.9. The smallest absolute Gasteiger partial charge is 0.0701 e. The van der Waals surface area contributed by atoms with Crippen molar-refractivity contribution in [3.8, 4) is 0 Å². The minimum Gasteiger partial charge on any atom is -0.377 e. The van der Waals surface area contributed by atoms with Crippen LogP contribution in [-0.4, -0.2) is 50.8 Å². The van der Waals surface area contributed by atoms with E-state index in [2.05, 4.69) is 31.1 Å². The maximum absolute atomic E-state index is 5.77. The first-order valence-electron chi connectivity index (χ1n) is 7.23. The quantitative estimate of drug-likeness (QED) is 0.660. The van der Waals surface area contributed by atoms with E-state index in [4.69, 9.17) is 4.74 Å². The van der Waals surface area contributed by atoms with Gasteiger partial charge in [0.25, 0.3) is 0 Å². The lowest BCUT2D eigenvalue weighted by atomic mass is 10.1. The fraction of sp³-hybridized carbons (Fsp3) is 1.00. The Balaban J connectivity index is 2.07. The molecule has 0 amide bonds. The molecule has 1 rings (SSSR count). The Morgan fingerprint density at radius 3 is 2.88 bits per heavy atom. The van der Waals surface area contributed by atoms with Crippen LogP contribution in [0.1, 0.15) is 39.5 Å². The van der Waals surface area contributed by atoms with Crippen LogP contribution in [0.4, 0.5) is 0 Å². The number of hydrogen-bond donors (Lipinski definition) is 1. The molecule has 17 heavy (non-hydrogen) atoms. The molecule has 1 saturated heterocycles. The van der Waals surface area contributed by atoms with Crippen molar-refractivity contribution in [2.24, 2.45) is 5.92 Å². The van der Waals surface area contributed by atoms with Crippen LogP contribution in [0.2, 0.25) is 0 Å². The van der Waals surface area contributed by atoms with Gasteiger partial charge in [-0.1, -0.05) is 13.8 Å². The average molecular weight is 242 g/mol. The highest BCUT2D eigenvalue weighted by molar-refractivity contribution is 4.69. The van der Waals surface area contributed by atoms with Gasteiger partial charge in [-0.3, -0.25) is 0 Å². The van der Waals surface area contributed by atoms with Gasteiger partial charge in [-0.25, -0.2) is 0 Å². The van der Waals surface area contributed by atoms with E-state index in [0.29, 0.717) is 6.10 Å². The minimum absolute atomic E-state index is 0.476. The molecule has 0 saturated carbocycles. The molecule has 2 unspecified atom stereocenters. The second-order valence-corrected chi connectivity index (χ2v) is 5.52. The number of nitrogens with zero attached hydrogens (tertiary/aromatic N) is 1. The molecule has 0 aromatic carbocycles. The third-order valence-corrected chi connectivity index (χ3v) is 3.33. The van der Waals surface area contributed by atoms with Gasteiger partial charge in [0.15, 0.2) is 0 Å². The highest BCUT2D eigenvalue weighted by Gasteiger charge is 2.16.